The van der Waals surface area contributed by atoms with Crippen LogP contribution in [0.3, 0.4) is 0 Å². The molecule has 0 bridgehead atoms. The van der Waals surface area contributed by atoms with Crippen molar-refractivity contribution in [2.75, 3.05) is 5.73 Å². The highest BCUT2D eigenvalue weighted by Crippen LogP contribution is 2.18. The smallest absolute Gasteiger partial charge is 0.272 e. The Labute approximate surface area is 165 Å². The SMILES string of the molecule is C/C(CC(=O)NCc1ccc(Cl)cc1)=N\NC(=O)c1cc(N)cc([N+](=O)[O-])c1. The number of non-ortho nitro benzene ring substituents is 1. The van der Waals surface area contributed by atoms with Gasteiger partial charge in [0.1, 0.15) is 0 Å². The highest BCUT2D eigenvalue weighted by Gasteiger charge is 2.13. The Balaban J connectivity index is 1.89. The van der Waals surface area contributed by atoms with Crippen LogP contribution in [0, 0.1) is 10.1 Å². The standard InChI is InChI=1S/C18H18ClN5O4/c1-11(6-17(25)21-10-12-2-4-14(19)5-3-12)22-23-18(26)13-7-15(20)9-16(8-13)24(27)28/h2-5,7-9H,6,10,20H2,1H3,(H,21,25)(H,23,26)/b22-11+. The Bertz CT molecular complexity index is 928. The van der Waals surface area contributed by atoms with Gasteiger partial charge >= 0.3 is 0 Å². The zero-order valence-electron chi connectivity index (χ0n) is 14.9. The molecule has 10 heteroatoms. The Morgan fingerprint density at radius 2 is 1.89 bits per heavy atom. The van der Waals surface area contributed by atoms with Crippen LogP contribution < -0.4 is 16.5 Å². The largest absolute Gasteiger partial charge is 0.399 e. The average molecular weight is 404 g/mol. The van der Waals surface area contributed by atoms with Crippen LogP contribution in [0.25, 0.3) is 0 Å². The Kier molecular flexibility index (Phi) is 7.05. The monoisotopic (exact) mass is 403 g/mol. The van der Waals surface area contributed by atoms with Crippen LogP contribution in [0.5, 0.6) is 0 Å². The van der Waals surface area contributed by atoms with Crippen molar-refractivity contribution in [2.45, 2.75) is 19.9 Å². The summed E-state index contributed by atoms with van der Waals surface area (Å²) >= 11 is 5.80. The van der Waals surface area contributed by atoms with Gasteiger partial charge in [-0.2, -0.15) is 5.10 Å². The topological polar surface area (TPSA) is 140 Å². The quantitative estimate of drug-likeness (QED) is 0.282. The minimum atomic E-state index is -0.670. The summed E-state index contributed by atoms with van der Waals surface area (Å²) in [5.41, 5.74) is 8.86. The molecule has 0 saturated heterocycles. The number of carbonyl (C=O) groups excluding carboxylic acids is 2. The number of nitrogens with zero attached hydrogens (tertiary/aromatic N) is 2. The predicted octanol–water partition coefficient (Wildman–Crippen LogP) is 2.64. The molecule has 0 radical (unpaired) electrons. The number of benzene rings is 2. The van der Waals surface area contributed by atoms with Crippen molar-refractivity contribution < 1.29 is 14.5 Å². The molecule has 2 aromatic rings. The molecular weight excluding hydrogens is 386 g/mol. The predicted molar refractivity (Wildman–Crippen MR) is 106 cm³/mol. The average Bonchev–Trinajstić information content (AvgIpc) is 2.65. The third-order valence-electron chi connectivity index (χ3n) is 3.58. The lowest BCUT2D eigenvalue weighted by Crippen LogP contribution is -2.26. The molecule has 0 aliphatic carbocycles. The summed E-state index contributed by atoms with van der Waals surface area (Å²) in [5, 5.41) is 18.0. The lowest BCUT2D eigenvalue weighted by Gasteiger charge is -2.06. The van der Waals surface area contributed by atoms with Crippen molar-refractivity contribution in [3.63, 3.8) is 0 Å². The highest BCUT2D eigenvalue weighted by atomic mass is 35.5. The molecule has 9 nitrogen and oxygen atoms in total. The van der Waals surface area contributed by atoms with Gasteiger partial charge in [-0.1, -0.05) is 23.7 Å². The number of carbonyl (C=O) groups is 2. The molecule has 146 valence electrons. The molecular formula is C18H18ClN5O4. The molecule has 2 aromatic carbocycles. The van der Waals surface area contributed by atoms with E-state index in [0.29, 0.717) is 17.3 Å². The summed E-state index contributed by atoms with van der Waals surface area (Å²) in [5.74, 6) is -0.943. The second-order valence-electron chi connectivity index (χ2n) is 5.94. The maximum absolute atomic E-state index is 12.1. The highest BCUT2D eigenvalue weighted by molar-refractivity contribution is 6.30. The van der Waals surface area contributed by atoms with Crippen molar-refractivity contribution in [3.8, 4) is 0 Å². The summed E-state index contributed by atoms with van der Waals surface area (Å²) in [6.45, 7) is 1.91. The molecule has 2 rings (SSSR count). The molecule has 0 spiro atoms. The molecule has 0 fully saturated rings. The van der Waals surface area contributed by atoms with Gasteiger partial charge in [-0.25, -0.2) is 5.43 Å². The minimum absolute atomic E-state index is 0.00422. The molecule has 0 aliphatic rings. The van der Waals surface area contributed by atoms with E-state index in [-0.39, 0.29) is 29.3 Å². The first-order valence-corrected chi connectivity index (χ1v) is 8.52. The number of hydrogen-bond acceptors (Lipinski definition) is 6. The van der Waals surface area contributed by atoms with Crippen molar-refractivity contribution in [1.82, 2.24) is 10.7 Å². The van der Waals surface area contributed by atoms with Gasteiger partial charge in [0, 0.05) is 35.1 Å². The van der Waals surface area contributed by atoms with E-state index in [1.54, 1.807) is 31.2 Å². The first-order chi connectivity index (χ1) is 13.2. The maximum atomic E-state index is 12.1. The van der Waals surface area contributed by atoms with Crippen molar-refractivity contribution in [1.29, 1.82) is 0 Å². The van der Waals surface area contributed by atoms with Crippen LogP contribution in [0.2, 0.25) is 5.02 Å². The number of halogens is 1. The number of nitrogens with two attached hydrogens (primary N) is 1. The number of anilines is 1. The second-order valence-corrected chi connectivity index (χ2v) is 6.37. The van der Waals surface area contributed by atoms with E-state index in [1.807, 2.05) is 0 Å². The lowest BCUT2D eigenvalue weighted by molar-refractivity contribution is -0.384. The van der Waals surface area contributed by atoms with Crippen LogP contribution in [0.4, 0.5) is 11.4 Å². The van der Waals surface area contributed by atoms with E-state index in [4.69, 9.17) is 17.3 Å². The maximum Gasteiger partial charge on any atom is 0.272 e. The van der Waals surface area contributed by atoms with Crippen LogP contribution in [-0.2, 0) is 11.3 Å². The van der Waals surface area contributed by atoms with E-state index in [9.17, 15) is 19.7 Å². The number of hydrazone groups is 1. The Morgan fingerprint density at radius 1 is 1.21 bits per heavy atom. The number of amides is 2. The number of nitrogen functional groups attached to an aromatic ring is 1. The van der Waals surface area contributed by atoms with Gasteiger partial charge in [-0.3, -0.25) is 19.7 Å². The summed E-state index contributed by atoms with van der Waals surface area (Å²) in [7, 11) is 0. The molecule has 0 saturated carbocycles. The third-order valence-corrected chi connectivity index (χ3v) is 3.83. The molecule has 0 aromatic heterocycles. The molecule has 2 amide bonds. The van der Waals surface area contributed by atoms with Crippen LogP contribution >= 0.6 is 11.6 Å². The van der Waals surface area contributed by atoms with Gasteiger partial charge in [0.25, 0.3) is 11.6 Å². The number of nitro groups is 1. The fourth-order valence-electron chi connectivity index (χ4n) is 2.22. The molecule has 0 heterocycles. The van der Waals surface area contributed by atoms with Crippen LogP contribution in [-0.4, -0.2) is 22.4 Å². The van der Waals surface area contributed by atoms with Gasteiger partial charge in [0.05, 0.1) is 16.9 Å². The lowest BCUT2D eigenvalue weighted by atomic mass is 10.1. The van der Waals surface area contributed by atoms with Gasteiger partial charge in [0.2, 0.25) is 5.91 Å². The molecule has 4 N–H and O–H groups in total. The first kappa shape index (κ1) is 20.8. The second kappa shape index (κ2) is 9.47. The minimum Gasteiger partial charge on any atom is -0.399 e. The van der Waals surface area contributed by atoms with Gasteiger partial charge < -0.3 is 11.1 Å². The third kappa shape index (κ3) is 6.36. The fraction of sp³-hybridized carbons (Fsp3) is 0.167. The van der Waals surface area contributed by atoms with Crippen LogP contribution in [0.15, 0.2) is 47.6 Å². The van der Waals surface area contributed by atoms with Crippen LogP contribution in [0.1, 0.15) is 29.3 Å². The summed E-state index contributed by atoms with van der Waals surface area (Å²) in [6, 6.07) is 10.6. The number of hydrogen-bond donors (Lipinski definition) is 3. The van der Waals surface area contributed by atoms with E-state index in [0.717, 1.165) is 17.7 Å². The van der Waals surface area contributed by atoms with Crippen molar-refractivity contribution in [3.05, 3.63) is 68.7 Å². The zero-order valence-corrected chi connectivity index (χ0v) is 15.7. The number of nitrogens with one attached hydrogen (secondary N) is 2. The molecule has 0 atom stereocenters. The number of rotatable bonds is 7. The zero-order chi connectivity index (χ0) is 20.7. The van der Waals surface area contributed by atoms with E-state index < -0.39 is 10.8 Å². The van der Waals surface area contributed by atoms with Gasteiger partial charge in [-0.05, 0) is 30.7 Å². The summed E-state index contributed by atoms with van der Waals surface area (Å²) < 4.78 is 0. The summed E-state index contributed by atoms with van der Waals surface area (Å²) in [6.07, 6.45) is -0.0229. The Hall–Kier alpha value is -3.46. The Morgan fingerprint density at radius 3 is 2.54 bits per heavy atom. The van der Waals surface area contributed by atoms with Crippen molar-refractivity contribution in [2.24, 2.45) is 5.10 Å². The molecule has 0 unspecified atom stereocenters. The van der Waals surface area contributed by atoms with E-state index >= 15 is 0 Å². The van der Waals surface area contributed by atoms with E-state index in [2.05, 4.69) is 15.8 Å². The molecule has 28 heavy (non-hydrogen) atoms. The van der Waals surface area contributed by atoms with E-state index in [1.165, 1.54) is 6.07 Å². The van der Waals surface area contributed by atoms with Gasteiger partial charge in [-0.15, -0.1) is 0 Å². The normalized spacial score (nSPS) is 11.0. The molecule has 0 aliphatic heterocycles. The first-order valence-electron chi connectivity index (χ1n) is 8.14. The summed E-state index contributed by atoms with van der Waals surface area (Å²) in [4.78, 5) is 34.2. The van der Waals surface area contributed by atoms with Gasteiger partial charge in [0.15, 0.2) is 0 Å². The number of nitro benzene ring substituents is 1. The van der Waals surface area contributed by atoms with Crippen molar-refractivity contribution >= 4 is 40.5 Å². The fourth-order valence-corrected chi connectivity index (χ4v) is 2.35.